The van der Waals surface area contributed by atoms with E-state index in [0.29, 0.717) is 19.1 Å². The number of amides is 1. The monoisotopic (exact) mass is 432 g/mol. The van der Waals surface area contributed by atoms with Crippen molar-refractivity contribution in [1.29, 1.82) is 0 Å². The van der Waals surface area contributed by atoms with Gasteiger partial charge in [-0.1, -0.05) is 25.0 Å². The van der Waals surface area contributed by atoms with E-state index in [1.54, 1.807) is 13.3 Å². The Kier molecular flexibility index (Phi) is 9.01. The van der Waals surface area contributed by atoms with Crippen LogP contribution in [-0.2, 0) is 20.9 Å². The first-order valence-corrected chi connectivity index (χ1v) is 9.91. The lowest BCUT2D eigenvalue weighted by Gasteiger charge is -2.18. The molecule has 31 heavy (non-hydrogen) atoms. The van der Waals surface area contributed by atoms with Gasteiger partial charge in [-0.15, -0.1) is 0 Å². The van der Waals surface area contributed by atoms with Gasteiger partial charge in [-0.05, 0) is 37.6 Å². The average molecular weight is 432 g/mol. The van der Waals surface area contributed by atoms with Crippen LogP contribution in [0.2, 0.25) is 0 Å². The Balaban J connectivity index is 0.000000501. The smallest absolute Gasteiger partial charge is 0.414 e. The normalized spacial score (nSPS) is 13.4. The standard InChI is InChI=1S/C19H26N4O2.C2H2O4/c1-22(13-15-6-5-9-17(12-15)25-2)14-19(24)21-18-10-11-20-23(18)16-7-3-4-8-16;3-1(4)2(5)6/h5-6,9-12,16H,3-4,7-8,13-14H2,1-2H3,(H,21,24);(H,3,4)(H,5,6). The largest absolute Gasteiger partial charge is 0.497 e. The van der Waals surface area contributed by atoms with Crippen molar-refractivity contribution in [2.75, 3.05) is 26.0 Å². The molecule has 0 atom stereocenters. The Morgan fingerprint density at radius 1 is 1.19 bits per heavy atom. The minimum Gasteiger partial charge on any atom is -0.497 e. The van der Waals surface area contributed by atoms with E-state index >= 15 is 0 Å². The van der Waals surface area contributed by atoms with Gasteiger partial charge in [0, 0.05) is 12.6 Å². The highest BCUT2D eigenvalue weighted by Crippen LogP contribution is 2.31. The summed E-state index contributed by atoms with van der Waals surface area (Å²) in [6.45, 7) is 1.01. The molecule has 1 aromatic carbocycles. The number of hydrogen-bond acceptors (Lipinski definition) is 6. The molecule has 1 amide bonds. The van der Waals surface area contributed by atoms with Gasteiger partial charge in [0.05, 0.1) is 25.9 Å². The lowest BCUT2D eigenvalue weighted by atomic mass is 10.2. The van der Waals surface area contributed by atoms with Gasteiger partial charge < -0.3 is 20.3 Å². The summed E-state index contributed by atoms with van der Waals surface area (Å²) < 4.78 is 7.21. The number of aromatic nitrogens is 2. The van der Waals surface area contributed by atoms with Crippen LogP contribution in [0.25, 0.3) is 0 Å². The van der Waals surface area contributed by atoms with Gasteiger partial charge in [-0.25, -0.2) is 14.3 Å². The minimum absolute atomic E-state index is 0.0230. The van der Waals surface area contributed by atoms with E-state index < -0.39 is 11.9 Å². The second kappa shape index (κ2) is 11.7. The highest BCUT2D eigenvalue weighted by Gasteiger charge is 2.20. The predicted octanol–water partition coefficient (Wildman–Crippen LogP) is 2.23. The Hall–Kier alpha value is -3.40. The molecule has 0 aliphatic heterocycles. The van der Waals surface area contributed by atoms with Crippen molar-refractivity contribution in [3.63, 3.8) is 0 Å². The van der Waals surface area contributed by atoms with Gasteiger partial charge in [-0.3, -0.25) is 9.69 Å². The van der Waals surface area contributed by atoms with Crippen LogP contribution in [0, 0.1) is 0 Å². The molecule has 1 aromatic heterocycles. The molecule has 3 rings (SSSR count). The lowest BCUT2D eigenvalue weighted by Crippen LogP contribution is -2.30. The molecule has 1 aliphatic rings. The first-order valence-electron chi connectivity index (χ1n) is 9.91. The van der Waals surface area contributed by atoms with Crippen LogP contribution in [-0.4, -0.2) is 63.4 Å². The Morgan fingerprint density at radius 2 is 1.87 bits per heavy atom. The maximum atomic E-state index is 12.4. The quantitative estimate of drug-likeness (QED) is 0.567. The van der Waals surface area contributed by atoms with Crippen LogP contribution in [0.1, 0.15) is 37.3 Å². The molecule has 0 saturated heterocycles. The van der Waals surface area contributed by atoms with Crippen LogP contribution < -0.4 is 10.1 Å². The number of methoxy groups -OCH3 is 1. The van der Waals surface area contributed by atoms with Crippen molar-refractivity contribution in [3.05, 3.63) is 42.1 Å². The van der Waals surface area contributed by atoms with Crippen molar-refractivity contribution in [1.82, 2.24) is 14.7 Å². The number of nitrogens with zero attached hydrogens (tertiary/aromatic N) is 3. The molecule has 0 spiro atoms. The number of carbonyl (C=O) groups excluding carboxylic acids is 1. The molecule has 10 nitrogen and oxygen atoms in total. The molecule has 1 aliphatic carbocycles. The van der Waals surface area contributed by atoms with Crippen molar-refractivity contribution in [3.8, 4) is 5.75 Å². The number of hydrogen-bond donors (Lipinski definition) is 3. The lowest BCUT2D eigenvalue weighted by molar-refractivity contribution is -0.159. The topological polar surface area (TPSA) is 134 Å². The molecular weight excluding hydrogens is 404 g/mol. The number of ether oxygens (including phenoxy) is 1. The number of aliphatic carboxylic acids is 2. The summed E-state index contributed by atoms with van der Waals surface area (Å²) in [5.74, 6) is -2.04. The molecular formula is C21H28N4O6. The van der Waals surface area contributed by atoms with Crippen LogP contribution in [0.3, 0.4) is 0 Å². The molecule has 10 heteroatoms. The highest BCUT2D eigenvalue weighted by molar-refractivity contribution is 6.27. The van der Waals surface area contributed by atoms with Gasteiger partial charge in [0.25, 0.3) is 0 Å². The fourth-order valence-corrected chi connectivity index (χ4v) is 3.42. The molecule has 1 saturated carbocycles. The Morgan fingerprint density at radius 3 is 2.48 bits per heavy atom. The van der Waals surface area contributed by atoms with Crippen molar-refractivity contribution in [2.45, 2.75) is 38.3 Å². The first-order chi connectivity index (χ1) is 14.8. The Bertz CT molecular complexity index is 880. The molecule has 2 aromatic rings. The fourth-order valence-electron chi connectivity index (χ4n) is 3.42. The molecule has 1 fully saturated rings. The SMILES string of the molecule is COc1cccc(CN(C)CC(=O)Nc2ccnn2C2CCCC2)c1.O=C(O)C(=O)O. The summed E-state index contributed by atoms with van der Waals surface area (Å²) in [6, 6.07) is 10.2. The maximum Gasteiger partial charge on any atom is 0.414 e. The van der Waals surface area contributed by atoms with Gasteiger partial charge in [0.2, 0.25) is 5.91 Å². The van der Waals surface area contributed by atoms with E-state index in [1.165, 1.54) is 12.8 Å². The third-order valence-corrected chi connectivity index (χ3v) is 4.79. The van der Waals surface area contributed by atoms with Crippen LogP contribution >= 0.6 is 0 Å². The minimum atomic E-state index is -1.82. The number of benzene rings is 1. The van der Waals surface area contributed by atoms with Gasteiger partial charge in [-0.2, -0.15) is 5.10 Å². The summed E-state index contributed by atoms with van der Waals surface area (Å²) in [7, 11) is 3.59. The number of nitrogens with one attached hydrogen (secondary N) is 1. The van der Waals surface area contributed by atoms with E-state index in [-0.39, 0.29) is 5.91 Å². The summed E-state index contributed by atoms with van der Waals surface area (Å²) in [5.41, 5.74) is 1.12. The third-order valence-electron chi connectivity index (χ3n) is 4.79. The summed E-state index contributed by atoms with van der Waals surface area (Å²) in [5, 5.41) is 22.2. The van der Waals surface area contributed by atoms with Gasteiger partial charge >= 0.3 is 11.9 Å². The first kappa shape index (κ1) is 23.9. The van der Waals surface area contributed by atoms with Crippen LogP contribution in [0.5, 0.6) is 5.75 Å². The van der Waals surface area contributed by atoms with Crippen LogP contribution in [0.15, 0.2) is 36.5 Å². The number of rotatable bonds is 7. The van der Waals surface area contributed by atoms with E-state index in [1.807, 2.05) is 47.0 Å². The zero-order valence-corrected chi connectivity index (χ0v) is 17.7. The number of carboxylic acids is 2. The molecule has 3 N–H and O–H groups in total. The zero-order valence-electron chi connectivity index (χ0n) is 17.7. The molecule has 0 radical (unpaired) electrons. The summed E-state index contributed by atoms with van der Waals surface area (Å²) in [4.78, 5) is 32.6. The van der Waals surface area contributed by atoms with Gasteiger partial charge in [0.15, 0.2) is 0 Å². The van der Waals surface area contributed by atoms with E-state index in [2.05, 4.69) is 10.4 Å². The maximum absolute atomic E-state index is 12.4. The summed E-state index contributed by atoms with van der Waals surface area (Å²) in [6.07, 6.45) is 6.51. The second-order valence-electron chi connectivity index (χ2n) is 7.28. The predicted molar refractivity (Wildman–Crippen MR) is 113 cm³/mol. The average Bonchev–Trinajstić information content (AvgIpc) is 3.40. The number of anilines is 1. The van der Waals surface area contributed by atoms with E-state index in [9.17, 15) is 4.79 Å². The fraction of sp³-hybridized carbons (Fsp3) is 0.429. The number of carboxylic acid groups (broad SMARTS) is 2. The van der Waals surface area contributed by atoms with E-state index in [4.69, 9.17) is 24.5 Å². The number of likely N-dealkylation sites (N-methyl/N-ethyl adjacent to an activating group) is 1. The summed E-state index contributed by atoms with van der Waals surface area (Å²) >= 11 is 0. The van der Waals surface area contributed by atoms with Crippen molar-refractivity contribution in [2.24, 2.45) is 0 Å². The Labute approximate surface area is 180 Å². The second-order valence-corrected chi connectivity index (χ2v) is 7.28. The van der Waals surface area contributed by atoms with Crippen molar-refractivity contribution >= 4 is 23.7 Å². The van der Waals surface area contributed by atoms with Gasteiger partial charge in [0.1, 0.15) is 11.6 Å². The molecule has 168 valence electrons. The van der Waals surface area contributed by atoms with Crippen molar-refractivity contribution < 1.29 is 29.3 Å². The molecule has 0 bridgehead atoms. The third kappa shape index (κ3) is 7.74. The molecule has 0 unspecified atom stereocenters. The molecule has 1 heterocycles. The highest BCUT2D eigenvalue weighted by atomic mass is 16.5. The number of carbonyl (C=O) groups is 3. The van der Waals surface area contributed by atoms with E-state index in [0.717, 1.165) is 30.0 Å². The van der Waals surface area contributed by atoms with Crippen LogP contribution in [0.4, 0.5) is 5.82 Å². The zero-order chi connectivity index (χ0) is 22.8.